The lowest BCUT2D eigenvalue weighted by Gasteiger charge is -2.05. The number of nitriles is 1. The highest BCUT2D eigenvalue weighted by atomic mass is 16.5. The molecule has 5 heteroatoms. The summed E-state index contributed by atoms with van der Waals surface area (Å²) in [6.45, 7) is 0. The molecule has 1 aromatic heterocycles. The van der Waals surface area contributed by atoms with Crippen LogP contribution in [0.3, 0.4) is 0 Å². The molecule has 0 aliphatic rings. The number of nitrogens with zero attached hydrogens (tertiary/aromatic N) is 2. The number of ether oxygens (including phenoxy) is 1. The van der Waals surface area contributed by atoms with Gasteiger partial charge in [-0.05, 0) is 42.2 Å². The third-order valence-corrected chi connectivity index (χ3v) is 3.43. The minimum atomic E-state index is -0.357. The zero-order valence-electron chi connectivity index (χ0n) is 12.8. The molecule has 0 atom stereocenters. The van der Waals surface area contributed by atoms with Gasteiger partial charge in [-0.3, -0.25) is 9.78 Å². The van der Waals surface area contributed by atoms with Crippen LogP contribution in [0.2, 0.25) is 0 Å². The second-order valence-electron chi connectivity index (χ2n) is 5.03. The third-order valence-electron chi connectivity index (χ3n) is 3.43. The van der Waals surface area contributed by atoms with E-state index in [-0.39, 0.29) is 18.2 Å². The van der Waals surface area contributed by atoms with E-state index in [1.165, 1.54) is 13.3 Å². The van der Waals surface area contributed by atoms with Gasteiger partial charge in [0.1, 0.15) is 0 Å². The lowest BCUT2D eigenvalue weighted by molar-refractivity contribution is 0.0600. The maximum absolute atomic E-state index is 11.7. The number of methoxy groups -OCH3 is 1. The van der Waals surface area contributed by atoms with Gasteiger partial charge in [0.25, 0.3) is 0 Å². The van der Waals surface area contributed by atoms with Gasteiger partial charge in [-0.25, -0.2) is 4.79 Å². The highest BCUT2D eigenvalue weighted by Crippen LogP contribution is 2.11. The summed E-state index contributed by atoms with van der Waals surface area (Å²) in [5.41, 5.74) is 2.99. The lowest BCUT2D eigenvalue weighted by Crippen LogP contribution is -2.02. The SMILES string of the molecule is COC(=O)c1ccc(CCc2cncc(C(=O)CC#N)c2)cc1. The third kappa shape index (κ3) is 4.48. The highest BCUT2D eigenvalue weighted by Gasteiger charge is 2.07. The van der Waals surface area contributed by atoms with Crippen molar-refractivity contribution >= 4 is 11.8 Å². The molecule has 0 saturated heterocycles. The van der Waals surface area contributed by atoms with Crippen molar-refractivity contribution in [3.8, 4) is 6.07 Å². The molecule has 0 N–H and O–H groups in total. The second kappa shape index (κ2) is 7.85. The maximum atomic E-state index is 11.7. The lowest BCUT2D eigenvalue weighted by atomic mass is 10.0. The molecule has 5 nitrogen and oxygen atoms in total. The van der Waals surface area contributed by atoms with Crippen LogP contribution in [0.5, 0.6) is 0 Å². The molecular formula is C18H16N2O3. The molecule has 1 aromatic carbocycles. The number of aromatic nitrogens is 1. The van der Waals surface area contributed by atoms with Crippen LogP contribution < -0.4 is 0 Å². The standard InChI is InChI=1S/C18H16N2O3/c1-23-18(22)15-6-4-13(5-7-15)2-3-14-10-16(12-20-11-14)17(21)8-9-19/h4-7,10-12H,2-3,8H2,1H3. The Bertz CT molecular complexity index is 746. The number of carbonyl (C=O) groups excluding carboxylic acids is 2. The van der Waals surface area contributed by atoms with E-state index in [1.807, 2.05) is 18.2 Å². The Kier molecular flexibility index (Phi) is 5.59. The minimum Gasteiger partial charge on any atom is -0.465 e. The molecule has 2 rings (SSSR count). The zero-order valence-corrected chi connectivity index (χ0v) is 12.8. The van der Waals surface area contributed by atoms with Crippen LogP contribution in [-0.4, -0.2) is 23.8 Å². The van der Waals surface area contributed by atoms with Crippen LogP contribution in [-0.2, 0) is 17.6 Å². The Hall–Kier alpha value is -3.00. The summed E-state index contributed by atoms with van der Waals surface area (Å²) in [6, 6.07) is 10.8. The maximum Gasteiger partial charge on any atom is 0.337 e. The number of esters is 1. The monoisotopic (exact) mass is 308 g/mol. The van der Waals surface area contributed by atoms with Gasteiger partial charge in [0.15, 0.2) is 5.78 Å². The van der Waals surface area contributed by atoms with E-state index >= 15 is 0 Å². The molecule has 0 amide bonds. The van der Waals surface area contributed by atoms with E-state index in [4.69, 9.17) is 5.26 Å². The normalized spacial score (nSPS) is 9.91. The van der Waals surface area contributed by atoms with Gasteiger partial charge in [-0.1, -0.05) is 12.1 Å². The number of Topliss-reactive ketones (excluding diaryl/α,β-unsaturated/α-hetero) is 1. The van der Waals surface area contributed by atoms with Gasteiger partial charge in [-0.2, -0.15) is 5.26 Å². The Morgan fingerprint density at radius 2 is 1.78 bits per heavy atom. The van der Waals surface area contributed by atoms with E-state index in [9.17, 15) is 9.59 Å². The average molecular weight is 308 g/mol. The van der Waals surface area contributed by atoms with E-state index in [1.54, 1.807) is 24.4 Å². The van der Waals surface area contributed by atoms with Crippen LogP contribution in [0.1, 0.15) is 38.3 Å². The van der Waals surface area contributed by atoms with Crippen molar-refractivity contribution in [1.82, 2.24) is 4.98 Å². The van der Waals surface area contributed by atoms with Crippen LogP contribution in [0, 0.1) is 11.3 Å². The number of ketones is 1. The summed E-state index contributed by atoms with van der Waals surface area (Å²) in [5, 5.41) is 8.57. The van der Waals surface area contributed by atoms with Crippen molar-refractivity contribution in [2.45, 2.75) is 19.3 Å². The number of benzene rings is 1. The molecule has 0 bridgehead atoms. The fraction of sp³-hybridized carbons (Fsp3) is 0.222. The van der Waals surface area contributed by atoms with Gasteiger partial charge in [0.05, 0.1) is 25.2 Å². The molecule has 116 valence electrons. The Balaban J connectivity index is 2.01. The largest absolute Gasteiger partial charge is 0.465 e. The summed E-state index contributed by atoms with van der Waals surface area (Å²) in [5.74, 6) is -0.575. The molecule has 23 heavy (non-hydrogen) atoms. The summed E-state index contributed by atoms with van der Waals surface area (Å²) in [4.78, 5) is 27.1. The minimum absolute atomic E-state index is 0.139. The number of hydrogen-bond donors (Lipinski definition) is 0. The van der Waals surface area contributed by atoms with E-state index in [2.05, 4.69) is 9.72 Å². The van der Waals surface area contributed by atoms with E-state index in [0.717, 1.165) is 24.0 Å². The molecular weight excluding hydrogens is 292 g/mol. The summed E-state index contributed by atoms with van der Waals surface area (Å²) < 4.78 is 4.66. The van der Waals surface area contributed by atoms with Gasteiger partial charge >= 0.3 is 5.97 Å². The van der Waals surface area contributed by atoms with Crippen molar-refractivity contribution in [1.29, 1.82) is 5.26 Å². The molecule has 0 saturated carbocycles. The number of carbonyl (C=O) groups is 2. The molecule has 0 fully saturated rings. The van der Waals surface area contributed by atoms with Crippen molar-refractivity contribution in [3.63, 3.8) is 0 Å². The number of aryl methyl sites for hydroxylation is 2. The predicted octanol–water partition coefficient (Wildman–Crippen LogP) is 2.75. The molecule has 0 aliphatic carbocycles. The second-order valence-corrected chi connectivity index (χ2v) is 5.03. The van der Waals surface area contributed by atoms with Crippen molar-refractivity contribution < 1.29 is 14.3 Å². The summed E-state index contributed by atoms with van der Waals surface area (Å²) in [7, 11) is 1.35. The van der Waals surface area contributed by atoms with Gasteiger partial charge < -0.3 is 4.74 Å². The molecule has 1 heterocycles. The summed E-state index contributed by atoms with van der Waals surface area (Å²) >= 11 is 0. The fourth-order valence-electron chi connectivity index (χ4n) is 2.16. The van der Waals surface area contributed by atoms with Crippen LogP contribution >= 0.6 is 0 Å². The number of rotatable bonds is 6. The number of pyridine rings is 1. The van der Waals surface area contributed by atoms with Crippen LogP contribution in [0.25, 0.3) is 0 Å². The first kappa shape index (κ1) is 16.4. The van der Waals surface area contributed by atoms with Gasteiger partial charge in [0, 0.05) is 18.0 Å². The number of hydrogen-bond acceptors (Lipinski definition) is 5. The molecule has 0 aliphatic heterocycles. The Morgan fingerprint density at radius 3 is 2.43 bits per heavy atom. The molecule has 0 unspecified atom stereocenters. The smallest absolute Gasteiger partial charge is 0.337 e. The quantitative estimate of drug-likeness (QED) is 0.605. The van der Waals surface area contributed by atoms with E-state index < -0.39 is 0 Å². The highest BCUT2D eigenvalue weighted by molar-refractivity contribution is 5.97. The predicted molar refractivity (Wildman–Crippen MR) is 84.0 cm³/mol. The average Bonchev–Trinajstić information content (AvgIpc) is 2.60. The topological polar surface area (TPSA) is 80.0 Å². The van der Waals surface area contributed by atoms with Crippen LogP contribution in [0.4, 0.5) is 0 Å². The Labute approximate surface area is 134 Å². The molecule has 0 radical (unpaired) electrons. The molecule has 0 spiro atoms. The first-order chi connectivity index (χ1) is 11.1. The van der Waals surface area contributed by atoms with Gasteiger partial charge in [-0.15, -0.1) is 0 Å². The van der Waals surface area contributed by atoms with Crippen molar-refractivity contribution in [3.05, 3.63) is 65.0 Å². The fourth-order valence-corrected chi connectivity index (χ4v) is 2.16. The van der Waals surface area contributed by atoms with Crippen molar-refractivity contribution in [2.75, 3.05) is 7.11 Å². The summed E-state index contributed by atoms with van der Waals surface area (Å²) in [6.07, 6.45) is 4.54. The molecule has 2 aromatic rings. The first-order valence-corrected chi connectivity index (χ1v) is 7.15. The zero-order chi connectivity index (χ0) is 16.7. The first-order valence-electron chi connectivity index (χ1n) is 7.15. The van der Waals surface area contributed by atoms with E-state index in [0.29, 0.717) is 11.1 Å². The van der Waals surface area contributed by atoms with Crippen LogP contribution in [0.15, 0.2) is 42.7 Å². The van der Waals surface area contributed by atoms with Crippen molar-refractivity contribution in [2.24, 2.45) is 0 Å². The van der Waals surface area contributed by atoms with Gasteiger partial charge in [0.2, 0.25) is 0 Å². The Morgan fingerprint density at radius 1 is 1.09 bits per heavy atom.